The number of hydrogen-bond acceptors (Lipinski definition) is 4. The van der Waals surface area contributed by atoms with Crippen LogP contribution in [0.1, 0.15) is 58.8 Å². The molecule has 0 radical (unpaired) electrons. The fraction of sp³-hybridized carbons (Fsp3) is 1.00. The van der Waals surface area contributed by atoms with Gasteiger partial charge in [0.2, 0.25) is 0 Å². The number of aliphatic hydroxyl groups is 2. The van der Waals surface area contributed by atoms with Gasteiger partial charge in [-0.25, -0.2) is 0 Å². The van der Waals surface area contributed by atoms with Crippen LogP contribution in [0.3, 0.4) is 0 Å². The molecule has 116 valence electrons. The van der Waals surface area contributed by atoms with E-state index in [1.165, 1.54) is 6.42 Å². The Morgan fingerprint density at radius 1 is 1.37 bits per heavy atom. The molecule has 0 spiro atoms. The highest BCUT2D eigenvalue weighted by Gasteiger charge is 2.29. The second-order valence-electron chi connectivity index (χ2n) is 6.21. The van der Waals surface area contributed by atoms with Gasteiger partial charge in [-0.1, -0.05) is 26.7 Å². The third kappa shape index (κ3) is 8.58. The van der Waals surface area contributed by atoms with E-state index in [0.717, 1.165) is 45.1 Å². The summed E-state index contributed by atoms with van der Waals surface area (Å²) < 4.78 is 0. The van der Waals surface area contributed by atoms with Crippen LogP contribution in [-0.2, 0) is 0 Å². The van der Waals surface area contributed by atoms with Gasteiger partial charge in [-0.05, 0) is 50.0 Å². The summed E-state index contributed by atoms with van der Waals surface area (Å²) >= 11 is 0. The highest BCUT2D eigenvalue weighted by molar-refractivity contribution is 4.83. The van der Waals surface area contributed by atoms with Crippen molar-refractivity contribution in [2.45, 2.75) is 64.8 Å². The van der Waals surface area contributed by atoms with Crippen LogP contribution in [0.4, 0.5) is 0 Å². The molecule has 0 saturated heterocycles. The van der Waals surface area contributed by atoms with Crippen LogP contribution >= 0.6 is 0 Å². The smallest absolute Gasteiger partial charge is 0.0485 e. The molecule has 1 saturated carbocycles. The molecule has 0 heterocycles. The average Bonchev–Trinajstić information content (AvgIpc) is 2.41. The summed E-state index contributed by atoms with van der Waals surface area (Å²) in [5.74, 6) is 0.480. The van der Waals surface area contributed by atoms with Crippen molar-refractivity contribution < 1.29 is 10.2 Å². The van der Waals surface area contributed by atoms with Crippen LogP contribution < -0.4 is 11.5 Å². The van der Waals surface area contributed by atoms with Gasteiger partial charge in [0, 0.05) is 19.3 Å². The number of aliphatic hydroxyl groups excluding tert-OH is 2. The van der Waals surface area contributed by atoms with Gasteiger partial charge in [0.1, 0.15) is 0 Å². The Bertz CT molecular complexity index is 210. The van der Waals surface area contributed by atoms with Gasteiger partial charge in [-0.15, -0.1) is 0 Å². The van der Waals surface area contributed by atoms with Crippen molar-refractivity contribution in [1.82, 2.24) is 0 Å². The second-order valence-corrected chi connectivity index (χ2v) is 6.21. The number of rotatable bonds is 6. The fourth-order valence-corrected chi connectivity index (χ4v) is 2.60. The van der Waals surface area contributed by atoms with E-state index in [9.17, 15) is 0 Å². The van der Waals surface area contributed by atoms with Crippen molar-refractivity contribution >= 4 is 0 Å². The molecule has 4 nitrogen and oxygen atoms in total. The average molecular weight is 274 g/mol. The molecule has 0 aromatic carbocycles. The zero-order valence-electron chi connectivity index (χ0n) is 12.8. The predicted molar refractivity (Wildman–Crippen MR) is 80.8 cm³/mol. The quantitative estimate of drug-likeness (QED) is 0.592. The Morgan fingerprint density at radius 2 is 2.05 bits per heavy atom. The summed E-state index contributed by atoms with van der Waals surface area (Å²) in [5.41, 5.74) is 11.2. The van der Waals surface area contributed by atoms with Crippen LogP contribution in [0.2, 0.25) is 0 Å². The Labute approximate surface area is 118 Å². The molecular weight excluding hydrogens is 240 g/mol. The van der Waals surface area contributed by atoms with Crippen molar-refractivity contribution in [2.24, 2.45) is 22.8 Å². The van der Waals surface area contributed by atoms with Gasteiger partial charge in [0.05, 0.1) is 0 Å². The predicted octanol–water partition coefficient (Wildman–Crippen LogP) is 1.63. The Kier molecular flexibility index (Phi) is 10.5. The maximum Gasteiger partial charge on any atom is 0.0485 e. The first-order chi connectivity index (χ1) is 9.01. The Hall–Kier alpha value is -0.160. The summed E-state index contributed by atoms with van der Waals surface area (Å²) in [4.78, 5) is 0. The van der Waals surface area contributed by atoms with Crippen LogP contribution in [0.15, 0.2) is 0 Å². The SMILES string of the molecule is CC1(CO)CCCC(N)C1.CCC(CO)CCCN. The lowest BCUT2D eigenvalue weighted by Gasteiger charge is -2.34. The van der Waals surface area contributed by atoms with Crippen molar-refractivity contribution in [1.29, 1.82) is 0 Å². The maximum atomic E-state index is 9.01. The Morgan fingerprint density at radius 3 is 2.42 bits per heavy atom. The van der Waals surface area contributed by atoms with E-state index in [0.29, 0.717) is 25.2 Å². The van der Waals surface area contributed by atoms with Gasteiger partial charge in [0.15, 0.2) is 0 Å². The minimum atomic E-state index is 0.123. The van der Waals surface area contributed by atoms with E-state index in [-0.39, 0.29) is 5.41 Å². The van der Waals surface area contributed by atoms with E-state index in [4.69, 9.17) is 21.7 Å². The molecule has 0 amide bonds. The first kappa shape index (κ1) is 18.8. The molecule has 19 heavy (non-hydrogen) atoms. The molecule has 0 bridgehead atoms. The fourth-order valence-electron chi connectivity index (χ4n) is 2.60. The first-order valence-corrected chi connectivity index (χ1v) is 7.68. The van der Waals surface area contributed by atoms with Gasteiger partial charge in [-0.3, -0.25) is 0 Å². The number of nitrogens with two attached hydrogens (primary N) is 2. The molecule has 0 aromatic heterocycles. The summed E-state index contributed by atoms with van der Waals surface area (Å²) in [7, 11) is 0. The molecule has 6 N–H and O–H groups in total. The van der Waals surface area contributed by atoms with Crippen LogP contribution in [0.5, 0.6) is 0 Å². The third-order valence-electron chi connectivity index (χ3n) is 4.14. The minimum Gasteiger partial charge on any atom is -0.396 e. The highest BCUT2D eigenvalue weighted by atomic mass is 16.3. The maximum absolute atomic E-state index is 9.01. The third-order valence-corrected chi connectivity index (χ3v) is 4.14. The van der Waals surface area contributed by atoms with Gasteiger partial charge in [0.25, 0.3) is 0 Å². The lowest BCUT2D eigenvalue weighted by Crippen LogP contribution is -2.36. The van der Waals surface area contributed by atoms with Gasteiger partial charge < -0.3 is 21.7 Å². The van der Waals surface area contributed by atoms with Crippen LogP contribution in [0.25, 0.3) is 0 Å². The lowest BCUT2D eigenvalue weighted by molar-refractivity contribution is 0.0916. The van der Waals surface area contributed by atoms with Gasteiger partial charge >= 0.3 is 0 Å². The minimum absolute atomic E-state index is 0.123. The molecular formula is C15H34N2O2. The molecule has 3 unspecified atom stereocenters. The highest BCUT2D eigenvalue weighted by Crippen LogP contribution is 2.34. The molecule has 0 aliphatic heterocycles. The van der Waals surface area contributed by atoms with Crippen molar-refractivity contribution in [3.63, 3.8) is 0 Å². The largest absolute Gasteiger partial charge is 0.396 e. The first-order valence-electron chi connectivity index (χ1n) is 7.68. The van der Waals surface area contributed by atoms with E-state index in [1.807, 2.05) is 0 Å². The molecule has 4 heteroatoms. The second kappa shape index (κ2) is 10.6. The zero-order valence-corrected chi connectivity index (χ0v) is 12.8. The normalized spacial score (nSPS) is 28.4. The summed E-state index contributed by atoms with van der Waals surface area (Å²) in [6, 6.07) is 0.325. The molecule has 1 fully saturated rings. The summed E-state index contributed by atoms with van der Waals surface area (Å²) in [5, 5.41) is 17.7. The topological polar surface area (TPSA) is 92.5 Å². The van der Waals surface area contributed by atoms with Crippen molar-refractivity contribution in [2.75, 3.05) is 19.8 Å². The molecule has 3 atom stereocenters. The Balaban J connectivity index is 0.000000344. The van der Waals surface area contributed by atoms with E-state index >= 15 is 0 Å². The molecule has 1 aliphatic carbocycles. The molecule has 1 aliphatic rings. The summed E-state index contributed by atoms with van der Waals surface area (Å²) in [6.45, 7) is 5.57. The lowest BCUT2D eigenvalue weighted by atomic mass is 9.74. The van der Waals surface area contributed by atoms with E-state index in [1.54, 1.807) is 0 Å². The standard InChI is InChI=1S/C8H17NO.C7H17NO/c1-8(6-10)4-2-3-7(9)5-8;1-2-7(6-9)4-3-5-8/h7,10H,2-6,9H2,1H3;7,9H,2-6,8H2,1H3. The number of hydrogen-bond donors (Lipinski definition) is 4. The van der Waals surface area contributed by atoms with E-state index in [2.05, 4.69) is 13.8 Å². The van der Waals surface area contributed by atoms with Gasteiger partial charge in [-0.2, -0.15) is 0 Å². The zero-order chi connectivity index (χ0) is 14.7. The van der Waals surface area contributed by atoms with E-state index < -0.39 is 0 Å². The van der Waals surface area contributed by atoms with Crippen molar-refractivity contribution in [3.8, 4) is 0 Å². The monoisotopic (exact) mass is 274 g/mol. The summed E-state index contributed by atoms with van der Waals surface area (Å²) in [6.07, 6.45) is 7.62. The van der Waals surface area contributed by atoms with Crippen LogP contribution in [0, 0.1) is 11.3 Å². The molecule has 0 aromatic rings. The van der Waals surface area contributed by atoms with Crippen LogP contribution in [-0.4, -0.2) is 36.0 Å². The van der Waals surface area contributed by atoms with Crippen molar-refractivity contribution in [3.05, 3.63) is 0 Å². The molecule has 1 rings (SSSR count).